The molecule has 0 bridgehead atoms. The molecule has 0 amide bonds. The van der Waals surface area contributed by atoms with Gasteiger partial charge in [0.05, 0.1) is 11.8 Å². The molecule has 2 aromatic rings. The van der Waals surface area contributed by atoms with E-state index in [1.54, 1.807) is 12.4 Å². The van der Waals surface area contributed by atoms with Crippen molar-refractivity contribution in [3.8, 4) is 11.3 Å². The number of nitrogens with one attached hydrogen (secondary N) is 2. The maximum absolute atomic E-state index is 3.76. The van der Waals surface area contributed by atoms with Crippen molar-refractivity contribution in [3.63, 3.8) is 0 Å². The van der Waals surface area contributed by atoms with Gasteiger partial charge in [0.15, 0.2) is 0 Å². The summed E-state index contributed by atoms with van der Waals surface area (Å²) in [4.78, 5) is 0. The van der Waals surface area contributed by atoms with E-state index in [-0.39, 0.29) is 0 Å². The summed E-state index contributed by atoms with van der Waals surface area (Å²) in [7, 11) is 0. The van der Waals surface area contributed by atoms with Gasteiger partial charge >= 0.3 is 0 Å². The molecule has 5 heteroatoms. The van der Waals surface area contributed by atoms with Crippen molar-refractivity contribution < 1.29 is 0 Å². The summed E-state index contributed by atoms with van der Waals surface area (Å²) in [5.41, 5.74) is 1.56. The smallest absolute Gasteiger partial charge is 0.123 e. The zero-order valence-electron chi connectivity index (χ0n) is 5.00. The van der Waals surface area contributed by atoms with Gasteiger partial charge in [-0.3, -0.25) is 10.2 Å². The van der Waals surface area contributed by atoms with Gasteiger partial charge in [0, 0.05) is 6.20 Å². The first-order valence-corrected chi connectivity index (χ1v) is 2.75. The largest absolute Gasteiger partial charge is 0.284 e. The van der Waals surface area contributed by atoms with Crippen LogP contribution in [0.15, 0.2) is 12.4 Å². The maximum atomic E-state index is 3.76. The Hall–Kier alpha value is -1.65. The molecular weight excluding hydrogens is 130 g/mol. The number of aromatic nitrogens is 5. The van der Waals surface area contributed by atoms with E-state index in [2.05, 4.69) is 31.8 Å². The summed E-state index contributed by atoms with van der Waals surface area (Å²) >= 11 is 0. The van der Waals surface area contributed by atoms with E-state index in [0.717, 1.165) is 11.3 Å². The fourth-order valence-electron chi connectivity index (χ4n) is 0.686. The highest BCUT2D eigenvalue weighted by Crippen LogP contribution is 2.09. The normalized spacial score (nSPS) is 10.0. The highest BCUT2D eigenvalue weighted by molar-refractivity contribution is 5.53. The van der Waals surface area contributed by atoms with Crippen molar-refractivity contribution in [1.29, 1.82) is 0 Å². The minimum atomic E-state index is 0.744. The van der Waals surface area contributed by atoms with Gasteiger partial charge in [0.2, 0.25) is 0 Å². The van der Waals surface area contributed by atoms with E-state index in [1.165, 1.54) is 0 Å². The molecule has 0 aliphatic heterocycles. The van der Waals surface area contributed by atoms with Crippen LogP contribution in [0.1, 0.15) is 0 Å². The van der Waals surface area contributed by atoms with Crippen LogP contribution in [0.2, 0.25) is 0 Å². The van der Waals surface area contributed by atoms with Crippen molar-refractivity contribution in [2.24, 2.45) is 0 Å². The molecule has 0 saturated carbocycles. The molecule has 0 aliphatic rings. The van der Waals surface area contributed by atoms with Crippen LogP contribution in [0.25, 0.3) is 11.3 Å². The van der Waals surface area contributed by atoms with Crippen molar-refractivity contribution in [2.75, 3.05) is 0 Å². The lowest BCUT2D eigenvalue weighted by Crippen LogP contribution is -1.72. The molecule has 0 unspecified atom stereocenters. The molecule has 0 saturated heterocycles. The lowest BCUT2D eigenvalue weighted by molar-refractivity contribution is 0.942. The third-order valence-corrected chi connectivity index (χ3v) is 1.14. The van der Waals surface area contributed by atoms with Crippen molar-refractivity contribution in [3.05, 3.63) is 18.6 Å². The molecule has 0 aromatic carbocycles. The third kappa shape index (κ3) is 0.680. The summed E-state index contributed by atoms with van der Waals surface area (Å²) in [5.74, 6) is 0. The fourth-order valence-corrected chi connectivity index (χ4v) is 0.686. The Kier molecular flexibility index (Phi) is 1.00. The average Bonchev–Trinajstić information content (AvgIpc) is 2.59. The quantitative estimate of drug-likeness (QED) is 0.576. The van der Waals surface area contributed by atoms with Crippen LogP contribution in [-0.4, -0.2) is 25.6 Å². The molecule has 0 spiro atoms. The maximum Gasteiger partial charge on any atom is 0.123 e. The number of aromatic amines is 2. The van der Waals surface area contributed by atoms with Crippen LogP contribution in [0, 0.1) is 6.20 Å². The van der Waals surface area contributed by atoms with Gasteiger partial charge in [-0.1, -0.05) is 5.21 Å². The Morgan fingerprint density at radius 3 is 2.90 bits per heavy atom. The minimum Gasteiger partial charge on any atom is -0.284 e. The van der Waals surface area contributed by atoms with E-state index < -0.39 is 0 Å². The number of hydrogen-bond acceptors (Lipinski definition) is 3. The van der Waals surface area contributed by atoms with E-state index in [4.69, 9.17) is 0 Å². The highest BCUT2D eigenvalue weighted by atomic mass is 15.3. The zero-order chi connectivity index (χ0) is 6.81. The Morgan fingerprint density at radius 1 is 1.30 bits per heavy atom. The Morgan fingerprint density at radius 2 is 2.30 bits per heavy atom. The monoisotopic (exact) mass is 134 g/mol. The van der Waals surface area contributed by atoms with Gasteiger partial charge in [-0.25, -0.2) is 0 Å². The molecule has 5 nitrogen and oxygen atoms in total. The lowest BCUT2D eigenvalue weighted by atomic mass is 10.3. The molecule has 0 atom stereocenters. The summed E-state index contributed by atoms with van der Waals surface area (Å²) in [6.45, 7) is 0. The van der Waals surface area contributed by atoms with Crippen LogP contribution < -0.4 is 0 Å². The van der Waals surface area contributed by atoms with Gasteiger partial charge in [-0.2, -0.15) is 5.10 Å². The van der Waals surface area contributed by atoms with Crippen molar-refractivity contribution >= 4 is 0 Å². The summed E-state index contributed by atoms with van der Waals surface area (Å²) in [6, 6.07) is 0. The molecule has 2 rings (SSSR count). The number of hydrogen-bond donors (Lipinski definition) is 2. The zero-order valence-corrected chi connectivity index (χ0v) is 5.00. The first-order valence-electron chi connectivity index (χ1n) is 2.75. The van der Waals surface area contributed by atoms with E-state index in [9.17, 15) is 0 Å². The Labute approximate surface area is 56.5 Å². The molecule has 49 valence electrons. The summed E-state index contributed by atoms with van der Waals surface area (Å²) < 4.78 is 0. The van der Waals surface area contributed by atoms with Crippen molar-refractivity contribution in [1.82, 2.24) is 25.6 Å². The van der Waals surface area contributed by atoms with Crippen LogP contribution in [0.4, 0.5) is 0 Å². The van der Waals surface area contributed by atoms with Gasteiger partial charge in [-0.15, -0.1) is 5.10 Å². The Bertz CT molecular complexity index is 249. The minimum absolute atomic E-state index is 0.744. The van der Waals surface area contributed by atoms with Gasteiger partial charge in [0.25, 0.3) is 0 Å². The highest BCUT2D eigenvalue weighted by Gasteiger charge is 1.99. The second kappa shape index (κ2) is 1.94. The summed E-state index contributed by atoms with van der Waals surface area (Å²) in [6.07, 6.45) is 6.10. The average molecular weight is 134 g/mol. The van der Waals surface area contributed by atoms with Crippen LogP contribution in [-0.2, 0) is 0 Å². The van der Waals surface area contributed by atoms with Crippen LogP contribution in [0.3, 0.4) is 0 Å². The first-order chi connectivity index (χ1) is 4.97. The van der Waals surface area contributed by atoms with E-state index >= 15 is 0 Å². The molecular formula is C5H4N5. The predicted molar refractivity (Wildman–Crippen MR) is 32.8 cm³/mol. The second-order valence-corrected chi connectivity index (χ2v) is 1.77. The SMILES string of the molecule is [c]1n[nH]cc1-c1c[nH]nn1. The van der Waals surface area contributed by atoms with Crippen LogP contribution in [0.5, 0.6) is 0 Å². The molecule has 1 radical (unpaired) electrons. The molecule has 2 N–H and O–H groups in total. The molecule has 10 heavy (non-hydrogen) atoms. The first kappa shape index (κ1) is 5.16. The third-order valence-electron chi connectivity index (χ3n) is 1.14. The standard InChI is InChI=1S/C5H4N5/c1-4(2-7-6-1)5-3-8-10-9-5/h1,3H,(H,6,7)(H,8,9,10). The molecule has 2 aromatic heterocycles. The lowest BCUT2D eigenvalue weighted by Gasteiger charge is -1.79. The van der Waals surface area contributed by atoms with Gasteiger partial charge < -0.3 is 0 Å². The van der Waals surface area contributed by atoms with Gasteiger partial charge in [-0.05, 0) is 0 Å². The predicted octanol–water partition coefficient (Wildman–Crippen LogP) is -0.00501. The Balaban J connectivity index is 2.48. The topological polar surface area (TPSA) is 70.2 Å². The number of nitrogens with zero attached hydrogens (tertiary/aromatic N) is 3. The van der Waals surface area contributed by atoms with Gasteiger partial charge in [0.1, 0.15) is 11.9 Å². The molecule has 0 fully saturated rings. The molecule has 0 aliphatic carbocycles. The molecule has 2 heterocycles. The van der Waals surface area contributed by atoms with E-state index in [0.29, 0.717) is 0 Å². The number of H-pyrrole nitrogens is 2. The van der Waals surface area contributed by atoms with E-state index in [1.807, 2.05) is 0 Å². The second-order valence-electron chi connectivity index (χ2n) is 1.77. The van der Waals surface area contributed by atoms with Crippen molar-refractivity contribution in [2.45, 2.75) is 0 Å². The summed E-state index contributed by atoms with van der Waals surface area (Å²) in [5, 5.41) is 16.2. The van der Waals surface area contributed by atoms with Crippen LogP contribution >= 0.6 is 0 Å². The number of rotatable bonds is 1. The fraction of sp³-hybridized carbons (Fsp3) is 0.